The van der Waals surface area contributed by atoms with Crippen molar-refractivity contribution in [2.75, 3.05) is 19.7 Å². The van der Waals surface area contributed by atoms with Gasteiger partial charge in [-0.05, 0) is 36.1 Å². The quantitative estimate of drug-likeness (QED) is 0.457. The summed E-state index contributed by atoms with van der Waals surface area (Å²) in [6, 6.07) is 25.9. The van der Waals surface area contributed by atoms with Crippen LogP contribution in [0.4, 0.5) is 4.79 Å². The number of hydrogen-bond acceptors (Lipinski definition) is 4. The molecule has 5 heteroatoms. The molecule has 1 amide bonds. The Labute approximate surface area is 184 Å². The number of hydrogen-bond donors (Lipinski definition) is 1. The second-order valence-electron chi connectivity index (χ2n) is 7.22. The highest BCUT2D eigenvalue weighted by Crippen LogP contribution is 2.31. The Morgan fingerprint density at radius 1 is 0.935 bits per heavy atom. The lowest BCUT2D eigenvalue weighted by atomic mass is 10.0. The van der Waals surface area contributed by atoms with E-state index in [-0.39, 0.29) is 12.7 Å². The molecule has 3 aromatic rings. The summed E-state index contributed by atoms with van der Waals surface area (Å²) in [6.45, 7) is 4.34. The fourth-order valence-electron chi connectivity index (χ4n) is 3.30. The third-order valence-electron chi connectivity index (χ3n) is 5.04. The monoisotopic (exact) mass is 418 g/mol. The molecular weight excluding hydrogens is 388 g/mol. The third-order valence-corrected chi connectivity index (χ3v) is 5.04. The van der Waals surface area contributed by atoms with Crippen LogP contribution in [0.1, 0.15) is 24.5 Å². The third kappa shape index (κ3) is 6.59. The minimum atomic E-state index is -0.304. The van der Waals surface area contributed by atoms with E-state index >= 15 is 0 Å². The van der Waals surface area contributed by atoms with Gasteiger partial charge >= 0.3 is 6.09 Å². The van der Waals surface area contributed by atoms with Gasteiger partial charge in [0.1, 0.15) is 12.4 Å². The van der Waals surface area contributed by atoms with Gasteiger partial charge in [0.25, 0.3) is 0 Å². The van der Waals surface area contributed by atoms with E-state index in [1.807, 2.05) is 73.7 Å². The van der Waals surface area contributed by atoms with Crippen LogP contribution in [0.3, 0.4) is 0 Å². The Morgan fingerprint density at radius 2 is 1.65 bits per heavy atom. The van der Waals surface area contributed by atoms with Gasteiger partial charge in [0.15, 0.2) is 0 Å². The molecule has 0 heterocycles. The van der Waals surface area contributed by atoms with Crippen molar-refractivity contribution in [1.29, 1.82) is 0 Å². The van der Waals surface area contributed by atoms with Crippen molar-refractivity contribution in [2.45, 2.75) is 26.5 Å². The van der Waals surface area contributed by atoms with Gasteiger partial charge in [-0.15, -0.1) is 0 Å². The molecule has 0 aromatic heterocycles. The second-order valence-corrected chi connectivity index (χ2v) is 7.22. The molecule has 3 rings (SSSR count). The van der Waals surface area contributed by atoms with Gasteiger partial charge in [-0.3, -0.25) is 0 Å². The molecule has 5 nitrogen and oxygen atoms in total. The van der Waals surface area contributed by atoms with Crippen LogP contribution >= 0.6 is 0 Å². The zero-order valence-corrected chi connectivity index (χ0v) is 18.0. The van der Waals surface area contributed by atoms with Crippen LogP contribution < -0.4 is 10.5 Å². The molecule has 0 spiro atoms. The van der Waals surface area contributed by atoms with Gasteiger partial charge in [0, 0.05) is 25.2 Å². The van der Waals surface area contributed by atoms with Crippen molar-refractivity contribution in [3.63, 3.8) is 0 Å². The predicted octanol–water partition coefficient (Wildman–Crippen LogP) is 5.24. The SMILES string of the molecule is CCN(CCCOc1cc(CN)ccc1-c1ccccc1)C(=O)OCc1ccccc1. The fraction of sp³-hybridized carbons (Fsp3) is 0.269. The van der Waals surface area contributed by atoms with Gasteiger partial charge in [0.2, 0.25) is 0 Å². The van der Waals surface area contributed by atoms with E-state index in [1.54, 1.807) is 4.90 Å². The highest BCUT2D eigenvalue weighted by atomic mass is 16.6. The largest absolute Gasteiger partial charge is 0.493 e. The van der Waals surface area contributed by atoms with E-state index < -0.39 is 0 Å². The average molecular weight is 419 g/mol. The first-order valence-corrected chi connectivity index (χ1v) is 10.7. The number of rotatable bonds is 10. The first-order valence-electron chi connectivity index (χ1n) is 10.7. The second kappa shape index (κ2) is 11.8. The van der Waals surface area contributed by atoms with E-state index in [2.05, 4.69) is 12.1 Å². The normalized spacial score (nSPS) is 10.5. The zero-order valence-electron chi connectivity index (χ0n) is 18.0. The Morgan fingerprint density at radius 3 is 2.32 bits per heavy atom. The maximum atomic E-state index is 12.4. The predicted molar refractivity (Wildman–Crippen MR) is 124 cm³/mol. The molecule has 0 aliphatic rings. The topological polar surface area (TPSA) is 64.8 Å². The molecule has 0 saturated heterocycles. The van der Waals surface area contributed by atoms with Crippen LogP contribution in [0.25, 0.3) is 11.1 Å². The molecule has 0 radical (unpaired) electrons. The van der Waals surface area contributed by atoms with E-state index in [1.165, 1.54) is 0 Å². The number of amides is 1. The molecule has 0 unspecified atom stereocenters. The summed E-state index contributed by atoms with van der Waals surface area (Å²) in [6.07, 6.45) is 0.400. The Kier molecular flexibility index (Phi) is 8.49. The number of nitrogens with zero attached hydrogens (tertiary/aromatic N) is 1. The first kappa shape index (κ1) is 22.4. The van der Waals surface area contributed by atoms with Gasteiger partial charge in [-0.2, -0.15) is 0 Å². The standard InChI is InChI=1S/C26H30N2O3/c1-2-28(26(29)31-20-21-10-5-3-6-11-21)16-9-17-30-25-18-22(19-27)14-15-24(25)23-12-7-4-8-13-23/h3-8,10-15,18H,2,9,16-17,19-20,27H2,1H3. The maximum Gasteiger partial charge on any atom is 0.410 e. The van der Waals surface area contributed by atoms with Gasteiger partial charge in [0.05, 0.1) is 6.61 Å². The summed E-state index contributed by atoms with van der Waals surface area (Å²) in [7, 11) is 0. The summed E-state index contributed by atoms with van der Waals surface area (Å²) in [5, 5.41) is 0. The molecular formula is C26H30N2O3. The van der Waals surface area contributed by atoms with Crippen molar-refractivity contribution in [3.05, 3.63) is 90.0 Å². The lowest BCUT2D eigenvalue weighted by Gasteiger charge is -2.21. The Bertz CT molecular complexity index is 945. The maximum absolute atomic E-state index is 12.4. The van der Waals surface area contributed by atoms with Crippen LogP contribution in [0, 0.1) is 0 Å². The lowest BCUT2D eigenvalue weighted by Crippen LogP contribution is -2.33. The summed E-state index contributed by atoms with van der Waals surface area (Å²) in [5.41, 5.74) is 9.94. The zero-order chi connectivity index (χ0) is 21.9. The van der Waals surface area contributed by atoms with Crippen LogP contribution in [-0.4, -0.2) is 30.7 Å². The molecule has 162 valence electrons. The van der Waals surface area contributed by atoms with Crippen molar-refractivity contribution in [3.8, 4) is 16.9 Å². The molecule has 3 aromatic carbocycles. The van der Waals surface area contributed by atoms with Crippen LogP contribution in [0.5, 0.6) is 5.75 Å². The Balaban J connectivity index is 1.53. The fourth-order valence-corrected chi connectivity index (χ4v) is 3.30. The minimum Gasteiger partial charge on any atom is -0.493 e. The van der Waals surface area contributed by atoms with Crippen LogP contribution in [0.2, 0.25) is 0 Å². The van der Waals surface area contributed by atoms with E-state index in [9.17, 15) is 4.79 Å². The number of nitrogens with two attached hydrogens (primary N) is 1. The summed E-state index contributed by atoms with van der Waals surface area (Å²) in [4.78, 5) is 14.1. The average Bonchev–Trinajstić information content (AvgIpc) is 2.83. The molecule has 0 aliphatic carbocycles. The molecule has 0 bridgehead atoms. The summed E-state index contributed by atoms with van der Waals surface area (Å²) < 4.78 is 11.5. The van der Waals surface area contributed by atoms with Crippen molar-refractivity contribution >= 4 is 6.09 Å². The summed E-state index contributed by atoms with van der Waals surface area (Å²) in [5.74, 6) is 0.809. The van der Waals surface area contributed by atoms with Crippen molar-refractivity contribution < 1.29 is 14.3 Å². The smallest absolute Gasteiger partial charge is 0.410 e. The minimum absolute atomic E-state index is 0.277. The number of benzene rings is 3. The molecule has 0 fully saturated rings. The van der Waals surface area contributed by atoms with Gasteiger partial charge in [-0.25, -0.2) is 4.79 Å². The van der Waals surface area contributed by atoms with E-state index in [4.69, 9.17) is 15.2 Å². The summed E-state index contributed by atoms with van der Waals surface area (Å²) >= 11 is 0. The highest BCUT2D eigenvalue weighted by Gasteiger charge is 2.13. The van der Waals surface area contributed by atoms with Crippen molar-refractivity contribution in [2.24, 2.45) is 5.73 Å². The van der Waals surface area contributed by atoms with E-state index in [0.717, 1.165) is 28.0 Å². The van der Waals surface area contributed by atoms with Gasteiger partial charge < -0.3 is 20.1 Å². The molecule has 0 aliphatic heterocycles. The van der Waals surface area contributed by atoms with Gasteiger partial charge in [-0.1, -0.05) is 72.8 Å². The van der Waals surface area contributed by atoms with Crippen molar-refractivity contribution in [1.82, 2.24) is 4.90 Å². The first-order chi connectivity index (χ1) is 15.2. The van der Waals surface area contributed by atoms with Crippen LogP contribution in [-0.2, 0) is 17.9 Å². The number of carbonyl (C=O) groups is 1. The number of ether oxygens (including phenoxy) is 2. The molecule has 31 heavy (non-hydrogen) atoms. The lowest BCUT2D eigenvalue weighted by molar-refractivity contribution is 0.0960. The van der Waals surface area contributed by atoms with Crippen LogP contribution in [0.15, 0.2) is 78.9 Å². The van der Waals surface area contributed by atoms with E-state index in [0.29, 0.717) is 32.7 Å². The highest BCUT2D eigenvalue weighted by molar-refractivity contribution is 5.71. The Hall–Kier alpha value is -3.31. The molecule has 2 N–H and O–H groups in total. The number of carbonyl (C=O) groups excluding carboxylic acids is 1. The molecule has 0 saturated carbocycles. The molecule has 0 atom stereocenters.